The van der Waals surface area contributed by atoms with Crippen molar-refractivity contribution >= 4 is 29.7 Å². The molecule has 0 radical (unpaired) electrons. The molecule has 1 atom stereocenters. The summed E-state index contributed by atoms with van der Waals surface area (Å²) >= 11 is 1.48. The quantitative estimate of drug-likeness (QED) is 0.173. The minimum atomic E-state index is -1.05. The molecule has 0 aromatic heterocycles. The minimum Gasteiger partial charge on any atom is -0.480 e. The largest absolute Gasteiger partial charge is 0.480 e. The highest BCUT2D eigenvalue weighted by atomic mass is 32.2. The molecular weight excluding hydrogens is 464 g/mol. The fourth-order valence-electron chi connectivity index (χ4n) is 2.92. The van der Waals surface area contributed by atoms with Crippen LogP contribution in [0.3, 0.4) is 0 Å². The number of hydrogen-bond donors (Lipinski definition) is 3. The van der Waals surface area contributed by atoms with E-state index in [0.717, 1.165) is 25.7 Å². The molecule has 0 rings (SSSR count). The lowest BCUT2D eigenvalue weighted by Gasteiger charge is -2.19. The second-order valence-electron chi connectivity index (χ2n) is 9.99. The Morgan fingerprint density at radius 2 is 1.54 bits per heavy atom. The lowest BCUT2D eigenvalue weighted by molar-refractivity contribution is -0.141. The number of carboxylic acid groups (broad SMARTS) is 1. The summed E-state index contributed by atoms with van der Waals surface area (Å²) in [5.74, 6) is -0.395. The summed E-state index contributed by atoms with van der Waals surface area (Å²) in [6, 6.07) is -0.939. The third kappa shape index (κ3) is 20.8. The van der Waals surface area contributed by atoms with Crippen LogP contribution in [0.15, 0.2) is 34.9 Å². The number of nitrogens with one attached hydrogen (secondary N) is 2. The van der Waals surface area contributed by atoms with Gasteiger partial charge >= 0.3 is 12.1 Å². The van der Waals surface area contributed by atoms with Gasteiger partial charge in [-0.3, -0.25) is 4.79 Å². The van der Waals surface area contributed by atoms with Crippen molar-refractivity contribution in [2.75, 3.05) is 18.1 Å². The Labute approximate surface area is 216 Å². The molecule has 0 bridgehead atoms. The topological polar surface area (TPSA) is 105 Å². The zero-order valence-electron chi connectivity index (χ0n) is 22.7. The summed E-state index contributed by atoms with van der Waals surface area (Å²) in [5, 5.41) is 14.6. The van der Waals surface area contributed by atoms with Crippen LogP contribution in [0.25, 0.3) is 0 Å². The molecule has 2 amide bonds. The molecule has 0 heterocycles. The van der Waals surface area contributed by atoms with Crippen molar-refractivity contribution in [1.29, 1.82) is 0 Å². The zero-order valence-corrected chi connectivity index (χ0v) is 23.5. The molecule has 1 unspecified atom stereocenters. The molecule has 0 aromatic rings. The van der Waals surface area contributed by atoms with Gasteiger partial charge < -0.3 is 20.5 Å². The first-order valence-electron chi connectivity index (χ1n) is 12.3. The monoisotopic (exact) mass is 510 g/mol. The number of alkyl carbamates (subject to hydrolysis) is 1. The Hall–Kier alpha value is -2.22. The van der Waals surface area contributed by atoms with Crippen molar-refractivity contribution in [2.24, 2.45) is 0 Å². The molecule has 0 spiro atoms. The first kappa shape index (κ1) is 32.8. The SMILES string of the molecule is CC(C)=CCCC(C)=CCCC(C)=CCSCC(NC(=O)CCCNC(=O)OC(C)(C)C)C(=O)O. The zero-order chi connectivity index (χ0) is 26.9. The maximum absolute atomic E-state index is 12.1. The van der Waals surface area contributed by atoms with Crippen molar-refractivity contribution in [1.82, 2.24) is 10.6 Å². The molecule has 0 fully saturated rings. The average Bonchev–Trinajstić information content (AvgIpc) is 2.71. The molecule has 0 aromatic carbocycles. The number of allylic oxidation sites excluding steroid dienone is 5. The number of ether oxygens (including phenoxy) is 1. The second-order valence-corrected chi connectivity index (χ2v) is 11.1. The number of rotatable bonds is 16. The maximum atomic E-state index is 12.1. The van der Waals surface area contributed by atoms with E-state index >= 15 is 0 Å². The van der Waals surface area contributed by atoms with Gasteiger partial charge in [0.2, 0.25) is 5.91 Å². The Bertz CT molecular complexity index is 762. The number of amides is 2. The van der Waals surface area contributed by atoms with E-state index in [-0.39, 0.29) is 18.9 Å². The van der Waals surface area contributed by atoms with Gasteiger partial charge in [0.15, 0.2) is 0 Å². The van der Waals surface area contributed by atoms with E-state index in [1.165, 1.54) is 28.5 Å². The fourth-order valence-corrected chi connectivity index (χ4v) is 3.92. The van der Waals surface area contributed by atoms with Crippen molar-refractivity contribution in [3.8, 4) is 0 Å². The van der Waals surface area contributed by atoms with Crippen LogP contribution in [0, 0.1) is 0 Å². The van der Waals surface area contributed by atoms with Gasteiger partial charge in [0.05, 0.1) is 0 Å². The van der Waals surface area contributed by atoms with Gasteiger partial charge in [0, 0.05) is 24.5 Å². The highest BCUT2D eigenvalue weighted by Gasteiger charge is 2.20. The molecule has 0 aliphatic heterocycles. The Kier molecular flexibility index (Phi) is 17.0. The Morgan fingerprint density at radius 3 is 2.11 bits per heavy atom. The van der Waals surface area contributed by atoms with E-state index in [1.807, 2.05) is 0 Å². The van der Waals surface area contributed by atoms with Crippen LogP contribution >= 0.6 is 11.8 Å². The highest BCUT2D eigenvalue weighted by Crippen LogP contribution is 2.13. The van der Waals surface area contributed by atoms with Crippen LogP contribution in [-0.4, -0.2) is 52.8 Å². The molecule has 0 saturated carbocycles. The Morgan fingerprint density at radius 1 is 0.943 bits per heavy atom. The number of carbonyl (C=O) groups is 3. The molecule has 0 aliphatic rings. The van der Waals surface area contributed by atoms with Crippen molar-refractivity contribution in [3.05, 3.63) is 34.9 Å². The van der Waals surface area contributed by atoms with Crippen LogP contribution in [0.4, 0.5) is 4.79 Å². The van der Waals surface area contributed by atoms with Gasteiger partial charge in [0.1, 0.15) is 11.6 Å². The van der Waals surface area contributed by atoms with E-state index in [2.05, 4.69) is 56.6 Å². The summed E-state index contributed by atoms with van der Waals surface area (Å²) in [7, 11) is 0. The van der Waals surface area contributed by atoms with Gasteiger partial charge in [-0.05, 0) is 80.6 Å². The van der Waals surface area contributed by atoms with E-state index in [4.69, 9.17) is 4.74 Å². The highest BCUT2D eigenvalue weighted by molar-refractivity contribution is 7.99. The number of hydrogen-bond acceptors (Lipinski definition) is 5. The molecule has 7 nitrogen and oxygen atoms in total. The van der Waals surface area contributed by atoms with E-state index in [9.17, 15) is 19.5 Å². The molecule has 35 heavy (non-hydrogen) atoms. The average molecular weight is 511 g/mol. The molecule has 0 saturated heterocycles. The third-order valence-electron chi connectivity index (χ3n) is 4.84. The smallest absolute Gasteiger partial charge is 0.407 e. The first-order chi connectivity index (χ1) is 16.3. The molecule has 8 heteroatoms. The summed E-state index contributed by atoms with van der Waals surface area (Å²) in [4.78, 5) is 35.2. The van der Waals surface area contributed by atoms with Crippen LogP contribution < -0.4 is 10.6 Å². The summed E-state index contributed by atoms with van der Waals surface area (Å²) in [6.07, 6.45) is 10.8. The van der Waals surface area contributed by atoms with Crippen molar-refractivity contribution in [3.63, 3.8) is 0 Å². The first-order valence-corrected chi connectivity index (χ1v) is 13.5. The van der Waals surface area contributed by atoms with Crippen LogP contribution in [0.1, 0.15) is 87.0 Å². The van der Waals surface area contributed by atoms with E-state index in [0.29, 0.717) is 17.9 Å². The summed E-state index contributed by atoms with van der Waals surface area (Å²) in [5.41, 5.74) is 3.46. The third-order valence-corrected chi connectivity index (χ3v) is 5.81. The minimum absolute atomic E-state index is 0.129. The van der Waals surface area contributed by atoms with Crippen molar-refractivity contribution in [2.45, 2.75) is 98.6 Å². The predicted octanol–water partition coefficient (Wildman–Crippen LogP) is 6.01. The molecule has 200 valence electrons. The van der Waals surface area contributed by atoms with Gasteiger partial charge in [-0.1, -0.05) is 34.9 Å². The van der Waals surface area contributed by atoms with Crippen LogP contribution in [0.2, 0.25) is 0 Å². The van der Waals surface area contributed by atoms with Gasteiger partial charge in [0.25, 0.3) is 0 Å². The van der Waals surface area contributed by atoms with Gasteiger partial charge in [-0.25, -0.2) is 9.59 Å². The fraction of sp³-hybridized carbons (Fsp3) is 0.667. The summed E-state index contributed by atoms with van der Waals surface area (Å²) in [6.45, 7) is 14.1. The lowest BCUT2D eigenvalue weighted by atomic mass is 10.1. The predicted molar refractivity (Wildman–Crippen MR) is 146 cm³/mol. The van der Waals surface area contributed by atoms with E-state index in [1.54, 1.807) is 20.8 Å². The normalized spacial score (nSPS) is 13.1. The number of thioether (sulfide) groups is 1. The number of aliphatic carboxylic acids is 1. The summed E-state index contributed by atoms with van der Waals surface area (Å²) < 4.78 is 5.13. The van der Waals surface area contributed by atoms with E-state index < -0.39 is 23.7 Å². The van der Waals surface area contributed by atoms with Gasteiger partial charge in [-0.2, -0.15) is 11.8 Å². The number of carbonyl (C=O) groups excluding carboxylic acids is 2. The van der Waals surface area contributed by atoms with Crippen LogP contribution in [0.5, 0.6) is 0 Å². The number of carboxylic acids is 1. The lowest BCUT2D eigenvalue weighted by Crippen LogP contribution is -2.42. The molecule has 0 aliphatic carbocycles. The van der Waals surface area contributed by atoms with Crippen molar-refractivity contribution < 1.29 is 24.2 Å². The van der Waals surface area contributed by atoms with Gasteiger partial charge in [-0.15, -0.1) is 0 Å². The second kappa shape index (κ2) is 18.1. The molecule has 3 N–H and O–H groups in total. The Balaban J connectivity index is 4.21. The molecular formula is C27H46N2O5S. The maximum Gasteiger partial charge on any atom is 0.407 e. The van der Waals surface area contributed by atoms with Crippen LogP contribution in [-0.2, 0) is 14.3 Å². The standard InChI is InChI=1S/C27H46N2O5S/c1-20(2)11-8-12-21(3)13-9-14-22(4)16-18-35-19-23(25(31)32)29-24(30)15-10-17-28-26(33)34-27(5,6)7/h11,13,16,23H,8-10,12,14-15,17-19H2,1-7H3,(H,28,33)(H,29,30)(H,31,32).